The average molecular weight is 324 g/mol. The zero-order chi connectivity index (χ0) is 16.9. The molecule has 5 nitrogen and oxygen atoms in total. The summed E-state index contributed by atoms with van der Waals surface area (Å²) in [6.45, 7) is 2.04. The average Bonchev–Trinajstić information content (AvgIpc) is 3.05. The zero-order valence-electron chi connectivity index (χ0n) is 13.2. The van der Waals surface area contributed by atoms with Crippen molar-refractivity contribution >= 4 is 5.91 Å². The Bertz CT molecular complexity index is 845. The number of aryl methyl sites for hydroxylation is 1. The maximum atomic E-state index is 13.5. The first-order chi connectivity index (χ1) is 11.6. The summed E-state index contributed by atoms with van der Waals surface area (Å²) in [5, 5.41) is 7.03. The summed E-state index contributed by atoms with van der Waals surface area (Å²) < 4.78 is 15.0. The van der Waals surface area contributed by atoms with Gasteiger partial charge in [-0.25, -0.2) is 14.1 Å². The Labute approximate surface area is 139 Å². The summed E-state index contributed by atoms with van der Waals surface area (Å²) in [6, 6.07) is 14.5. The molecule has 0 aliphatic heterocycles. The van der Waals surface area contributed by atoms with Crippen LogP contribution in [0.15, 0.2) is 54.9 Å². The number of hydrogen-bond donors (Lipinski definition) is 1. The molecule has 0 aliphatic rings. The molecule has 3 rings (SSSR count). The summed E-state index contributed by atoms with van der Waals surface area (Å²) in [5.41, 5.74) is 2.20. The van der Waals surface area contributed by atoms with Gasteiger partial charge in [-0.2, -0.15) is 5.10 Å². The summed E-state index contributed by atoms with van der Waals surface area (Å²) in [4.78, 5) is 16.2. The second kappa shape index (κ2) is 7.04. The smallest absolute Gasteiger partial charge is 0.242 e. The van der Waals surface area contributed by atoms with Gasteiger partial charge in [-0.15, -0.1) is 0 Å². The zero-order valence-corrected chi connectivity index (χ0v) is 13.2. The molecule has 122 valence electrons. The molecule has 0 atom stereocenters. The number of hydrogen-bond acceptors (Lipinski definition) is 3. The Morgan fingerprint density at radius 2 is 2.00 bits per heavy atom. The van der Waals surface area contributed by atoms with Gasteiger partial charge in [0.15, 0.2) is 5.82 Å². The number of nitrogens with one attached hydrogen (secondary N) is 1. The van der Waals surface area contributed by atoms with E-state index in [9.17, 15) is 9.18 Å². The first kappa shape index (κ1) is 15.9. The molecule has 1 heterocycles. The molecular weight excluding hydrogens is 307 g/mol. The molecule has 2 aromatic carbocycles. The largest absolute Gasteiger partial charge is 0.350 e. The molecule has 0 spiro atoms. The number of benzene rings is 2. The van der Waals surface area contributed by atoms with Crippen LogP contribution in [0.3, 0.4) is 0 Å². The van der Waals surface area contributed by atoms with Crippen molar-refractivity contribution in [1.82, 2.24) is 20.1 Å². The number of amides is 1. The van der Waals surface area contributed by atoms with E-state index in [1.807, 2.05) is 30.3 Å². The van der Waals surface area contributed by atoms with E-state index in [1.54, 1.807) is 19.1 Å². The van der Waals surface area contributed by atoms with Crippen molar-refractivity contribution in [3.05, 3.63) is 71.8 Å². The molecule has 1 amide bonds. The van der Waals surface area contributed by atoms with Crippen molar-refractivity contribution in [3.63, 3.8) is 0 Å². The van der Waals surface area contributed by atoms with E-state index in [0.29, 0.717) is 11.4 Å². The first-order valence-corrected chi connectivity index (χ1v) is 7.58. The predicted molar refractivity (Wildman–Crippen MR) is 88.4 cm³/mol. The predicted octanol–water partition coefficient (Wildman–Crippen LogP) is 2.71. The Kier molecular flexibility index (Phi) is 4.65. The van der Waals surface area contributed by atoms with Crippen molar-refractivity contribution in [3.8, 4) is 11.4 Å². The first-order valence-electron chi connectivity index (χ1n) is 7.58. The Morgan fingerprint density at radius 1 is 1.21 bits per heavy atom. The van der Waals surface area contributed by atoms with Crippen LogP contribution in [0.1, 0.15) is 11.1 Å². The van der Waals surface area contributed by atoms with Gasteiger partial charge >= 0.3 is 0 Å². The van der Waals surface area contributed by atoms with E-state index in [1.165, 1.54) is 17.1 Å². The highest BCUT2D eigenvalue weighted by atomic mass is 19.1. The Morgan fingerprint density at radius 3 is 2.75 bits per heavy atom. The lowest BCUT2D eigenvalue weighted by Crippen LogP contribution is -2.27. The van der Waals surface area contributed by atoms with Crippen LogP contribution in [0.2, 0.25) is 0 Å². The fourth-order valence-electron chi connectivity index (χ4n) is 2.24. The van der Waals surface area contributed by atoms with Crippen LogP contribution in [0.5, 0.6) is 0 Å². The normalized spacial score (nSPS) is 10.6. The van der Waals surface area contributed by atoms with Crippen molar-refractivity contribution in [1.29, 1.82) is 0 Å². The minimum Gasteiger partial charge on any atom is -0.350 e. The van der Waals surface area contributed by atoms with E-state index in [0.717, 1.165) is 11.1 Å². The standard InChI is InChI=1S/C18H17FN4O/c1-13-7-8-14(9-16(13)19)10-20-17(24)11-23-12-21-18(22-23)15-5-3-2-4-6-15/h2-9,12H,10-11H2,1H3,(H,20,24). The Hall–Kier alpha value is -3.02. The van der Waals surface area contributed by atoms with Crippen molar-refractivity contribution in [2.45, 2.75) is 20.0 Å². The van der Waals surface area contributed by atoms with Gasteiger partial charge < -0.3 is 5.32 Å². The molecular formula is C18H17FN4O. The quantitative estimate of drug-likeness (QED) is 0.785. The number of aromatic nitrogens is 3. The summed E-state index contributed by atoms with van der Waals surface area (Å²) >= 11 is 0. The van der Waals surface area contributed by atoms with Gasteiger partial charge in [-0.05, 0) is 24.1 Å². The van der Waals surface area contributed by atoms with Gasteiger partial charge in [0.25, 0.3) is 0 Å². The maximum Gasteiger partial charge on any atom is 0.242 e. The van der Waals surface area contributed by atoms with Crippen LogP contribution < -0.4 is 5.32 Å². The van der Waals surface area contributed by atoms with Gasteiger partial charge in [-0.1, -0.05) is 42.5 Å². The molecule has 3 aromatic rings. The van der Waals surface area contributed by atoms with Gasteiger partial charge in [0.2, 0.25) is 5.91 Å². The van der Waals surface area contributed by atoms with E-state index in [2.05, 4.69) is 15.4 Å². The van der Waals surface area contributed by atoms with Crippen LogP contribution >= 0.6 is 0 Å². The Balaban J connectivity index is 1.57. The third-order valence-corrected chi connectivity index (χ3v) is 3.60. The number of rotatable bonds is 5. The molecule has 24 heavy (non-hydrogen) atoms. The second-order valence-corrected chi connectivity index (χ2v) is 5.49. The van der Waals surface area contributed by atoms with Crippen LogP contribution in [0.25, 0.3) is 11.4 Å². The highest BCUT2D eigenvalue weighted by molar-refractivity contribution is 5.75. The molecule has 0 fully saturated rings. The van der Waals surface area contributed by atoms with Crippen molar-refractivity contribution in [2.24, 2.45) is 0 Å². The summed E-state index contributed by atoms with van der Waals surface area (Å²) in [6.07, 6.45) is 1.52. The topological polar surface area (TPSA) is 59.8 Å². The van der Waals surface area contributed by atoms with Crippen molar-refractivity contribution in [2.75, 3.05) is 0 Å². The molecule has 1 N–H and O–H groups in total. The van der Waals surface area contributed by atoms with Gasteiger partial charge in [-0.3, -0.25) is 4.79 Å². The van der Waals surface area contributed by atoms with Crippen molar-refractivity contribution < 1.29 is 9.18 Å². The minimum absolute atomic E-state index is 0.0637. The molecule has 1 aromatic heterocycles. The molecule has 0 saturated heterocycles. The lowest BCUT2D eigenvalue weighted by Gasteiger charge is -2.06. The van der Waals surface area contributed by atoms with Crippen LogP contribution in [0.4, 0.5) is 4.39 Å². The van der Waals surface area contributed by atoms with Gasteiger partial charge in [0.05, 0.1) is 0 Å². The minimum atomic E-state index is -0.273. The van der Waals surface area contributed by atoms with Crippen LogP contribution in [-0.2, 0) is 17.9 Å². The molecule has 0 bridgehead atoms. The van der Waals surface area contributed by atoms with Crippen LogP contribution in [-0.4, -0.2) is 20.7 Å². The van der Waals surface area contributed by atoms with E-state index >= 15 is 0 Å². The maximum absolute atomic E-state index is 13.5. The monoisotopic (exact) mass is 324 g/mol. The van der Waals surface area contributed by atoms with E-state index in [4.69, 9.17) is 0 Å². The third-order valence-electron chi connectivity index (χ3n) is 3.60. The molecule has 0 saturated carbocycles. The molecule has 6 heteroatoms. The SMILES string of the molecule is Cc1ccc(CNC(=O)Cn2cnc(-c3ccccc3)n2)cc1F. The molecule has 0 aliphatic carbocycles. The fraction of sp³-hybridized carbons (Fsp3) is 0.167. The second-order valence-electron chi connectivity index (χ2n) is 5.49. The van der Waals surface area contributed by atoms with Crippen LogP contribution in [0, 0.1) is 12.7 Å². The highest BCUT2D eigenvalue weighted by Gasteiger charge is 2.08. The third kappa shape index (κ3) is 3.84. The molecule has 0 radical (unpaired) electrons. The number of halogens is 1. The van der Waals surface area contributed by atoms with Gasteiger partial charge in [0, 0.05) is 12.1 Å². The number of carbonyl (C=O) groups excluding carboxylic acids is 1. The lowest BCUT2D eigenvalue weighted by molar-refractivity contribution is -0.122. The van der Waals surface area contributed by atoms with Gasteiger partial charge in [0.1, 0.15) is 18.7 Å². The lowest BCUT2D eigenvalue weighted by atomic mass is 10.1. The summed E-state index contributed by atoms with van der Waals surface area (Å²) in [5.74, 6) is 0.0926. The number of carbonyl (C=O) groups is 1. The van der Waals surface area contributed by atoms with E-state index in [-0.39, 0.29) is 24.8 Å². The molecule has 0 unspecified atom stereocenters. The number of nitrogens with zero attached hydrogens (tertiary/aromatic N) is 3. The van der Waals surface area contributed by atoms with E-state index < -0.39 is 0 Å². The summed E-state index contributed by atoms with van der Waals surface area (Å²) in [7, 11) is 0. The fourth-order valence-corrected chi connectivity index (χ4v) is 2.24. The highest BCUT2D eigenvalue weighted by Crippen LogP contribution is 2.12.